The monoisotopic (exact) mass is 448 g/mol. The first-order valence-electron chi connectivity index (χ1n) is 11.1. The third kappa shape index (κ3) is 5.28. The molecule has 0 spiro atoms. The van der Waals surface area contributed by atoms with Gasteiger partial charge in [0.25, 0.3) is 0 Å². The van der Waals surface area contributed by atoms with Crippen LogP contribution in [0.1, 0.15) is 24.0 Å². The third-order valence-corrected chi connectivity index (χ3v) is 6.06. The quantitative estimate of drug-likeness (QED) is 0.600. The van der Waals surface area contributed by atoms with E-state index in [4.69, 9.17) is 4.74 Å². The van der Waals surface area contributed by atoms with Gasteiger partial charge in [0, 0.05) is 24.2 Å². The molecule has 2 amide bonds. The van der Waals surface area contributed by atoms with E-state index in [0.717, 1.165) is 29.7 Å². The smallest absolute Gasteiger partial charge is 0.244 e. The lowest BCUT2D eigenvalue weighted by molar-refractivity contribution is -0.136. The van der Waals surface area contributed by atoms with Crippen molar-refractivity contribution in [1.82, 2.24) is 14.7 Å². The maximum atomic E-state index is 13.3. The van der Waals surface area contributed by atoms with E-state index in [1.165, 1.54) is 15.8 Å². The highest BCUT2D eigenvalue weighted by Crippen LogP contribution is 2.19. The molecule has 0 radical (unpaired) electrons. The fourth-order valence-electron chi connectivity index (χ4n) is 4.05. The summed E-state index contributed by atoms with van der Waals surface area (Å²) in [5.74, 6) is -0.532. The summed E-state index contributed by atoms with van der Waals surface area (Å²) in [6.07, 6.45) is 2.91. The van der Waals surface area contributed by atoms with E-state index in [1.54, 1.807) is 24.3 Å². The highest BCUT2D eigenvalue weighted by Gasteiger charge is 2.25. The van der Waals surface area contributed by atoms with Crippen molar-refractivity contribution in [2.75, 3.05) is 25.0 Å². The normalized spacial score (nSPS) is 15.5. The van der Waals surface area contributed by atoms with E-state index in [1.807, 2.05) is 32.0 Å². The van der Waals surface area contributed by atoms with Crippen LogP contribution >= 0.6 is 0 Å². The summed E-state index contributed by atoms with van der Waals surface area (Å²) in [5, 5.41) is 7.58. The lowest BCUT2D eigenvalue weighted by Crippen LogP contribution is -2.44. The molecule has 1 unspecified atom stereocenters. The van der Waals surface area contributed by atoms with Crippen LogP contribution in [0.15, 0.2) is 53.5 Å². The number of nitrogens with one attached hydrogen (secondary N) is 1. The molecule has 1 aromatic heterocycles. The lowest BCUT2D eigenvalue weighted by Gasteiger charge is -2.25. The molecule has 1 aliphatic heterocycles. The Hall–Kier alpha value is -3.52. The summed E-state index contributed by atoms with van der Waals surface area (Å²) in [7, 11) is 0. The number of fused-ring (bicyclic) bond motifs is 1. The van der Waals surface area contributed by atoms with Crippen molar-refractivity contribution < 1.29 is 14.3 Å². The lowest BCUT2D eigenvalue weighted by atomic mass is 10.1. The molecule has 0 saturated carbocycles. The summed E-state index contributed by atoms with van der Waals surface area (Å²) >= 11 is 0. The van der Waals surface area contributed by atoms with E-state index >= 15 is 0 Å². The minimum absolute atomic E-state index is 0.0791. The van der Waals surface area contributed by atoms with Crippen molar-refractivity contribution in [3.63, 3.8) is 0 Å². The molecule has 3 aromatic rings. The van der Waals surface area contributed by atoms with Crippen LogP contribution in [-0.4, -0.2) is 52.3 Å². The van der Waals surface area contributed by atoms with Gasteiger partial charge in [-0.1, -0.05) is 24.3 Å². The molecular weight excluding hydrogens is 420 g/mol. The van der Waals surface area contributed by atoms with E-state index in [2.05, 4.69) is 10.4 Å². The van der Waals surface area contributed by atoms with Crippen molar-refractivity contribution in [1.29, 1.82) is 0 Å². The molecule has 33 heavy (non-hydrogen) atoms. The van der Waals surface area contributed by atoms with E-state index in [-0.39, 0.29) is 36.4 Å². The summed E-state index contributed by atoms with van der Waals surface area (Å²) in [4.78, 5) is 39.8. The molecule has 0 bridgehead atoms. The molecule has 8 nitrogen and oxygen atoms in total. The summed E-state index contributed by atoms with van der Waals surface area (Å²) in [6, 6.07) is 12.8. The first-order valence-corrected chi connectivity index (χ1v) is 11.1. The number of ether oxygens (including phenoxy) is 1. The minimum atomic E-state index is -0.271. The van der Waals surface area contributed by atoms with Crippen LogP contribution in [0.25, 0.3) is 10.9 Å². The number of para-hydroxylation sites is 1. The molecule has 1 aliphatic rings. The SMILES string of the molecule is Cc1cccc(NC(=O)CN(CC2CCCO2)C(=O)Cn2ncc(=O)c3ccccc32)c1C. The zero-order chi connectivity index (χ0) is 23.4. The summed E-state index contributed by atoms with van der Waals surface area (Å²) in [5.41, 5.74) is 3.19. The van der Waals surface area contributed by atoms with Crippen molar-refractivity contribution in [2.24, 2.45) is 0 Å². The molecule has 0 aliphatic carbocycles. The second kappa shape index (κ2) is 9.95. The van der Waals surface area contributed by atoms with E-state index in [0.29, 0.717) is 24.1 Å². The first kappa shape index (κ1) is 22.7. The fourth-order valence-corrected chi connectivity index (χ4v) is 4.05. The van der Waals surface area contributed by atoms with Crippen molar-refractivity contribution in [3.8, 4) is 0 Å². The highest BCUT2D eigenvalue weighted by molar-refractivity contribution is 5.95. The molecule has 172 valence electrons. The number of hydrogen-bond donors (Lipinski definition) is 1. The Morgan fingerprint density at radius 2 is 2.00 bits per heavy atom. The number of amides is 2. The Bertz CT molecular complexity index is 1230. The zero-order valence-corrected chi connectivity index (χ0v) is 18.9. The van der Waals surface area contributed by atoms with Crippen LogP contribution in [0.3, 0.4) is 0 Å². The molecule has 2 aromatic carbocycles. The van der Waals surface area contributed by atoms with E-state index < -0.39 is 0 Å². The van der Waals surface area contributed by atoms with Gasteiger partial charge < -0.3 is 15.0 Å². The Morgan fingerprint density at radius 1 is 1.18 bits per heavy atom. The van der Waals surface area contributed by atoms with Crippen LogP contribution in [0.5, 0.6) is 0 Å². The summed E-state index contributed by atoms with van der Waals surface area (Å²) in [6.45, 7) is 4.76. The topological polar surface area (TPSA) is 93.5 Å². The average Bonchev–Trinajstić information content (AvgIpc) is 3.32. The number of hydrogen-bond acceptors (Lipinski definition) is 5. The van der Waals surface area contributed by atoms with Gasteiger partial charge in [0.05, 0.1) is 17.8 Å². The van der Waals surface area contributed by atoms with Crippen LogP contribution in [0.4, 0.5) is 5.69 Å². The molecule has 8 heteroatoms. The Kier molecular flexibility index (Phi) is 6.84. The van der Waals surface area contributed by atoms with Gasteiger partial charge >= 0.3 is 0 Å². The van der Waals surface area contributed by atoms with E-state index in [9.17, 15) is 14.4 Å². The molecule has 4 rings (SSSR count). The second-order valence-corrected chi connectivity index (χ2v) is 8.39. The van der Waals surface area contributed by atoms with Crippen molar-refractivity contribution >= 4 is 28.4 Å². The molecular formula is C25H28N4O4. The Morgan fingerprint density at radius 3 is 2.79 bits per heavy atom. The third-order valence-electron chi connectivity index (χ3n) is 6.06. The van der Waals surface area contributed by atoms with Gasteiger partial charge in [-0.15, -0.1) is 0 Å². The molecule has 2 heterocycles. The van der Waals surface area contributed by atoms with Gasteiger partial charge in [-0.3, -0.25) is 19.1 Å². The van der Waals surface area contributed by atoms with Crippen LogP contribution < -0.4 is 10.7 Å². The van der Waals surface area contributed by atoms with Crippen molar-refractivity contribution in [2.45, 2.75) is 39.3 Å². The number of aromatic nitrogens is 2. The minimum Gasteiger partial charge on any atom is -0.376 e. The average molecular weight is 449 g/mol. The summed E-state index contributed by atoms with van der Waals surface area (Å²) < 4.78 is 7.22. The highest BCUT2D eigenvalue weighted by atomic mass is 16.5. The van der Waals surface area contributed by atoms with Gasteiger partial charge in [0.1, 0.15) is 13.1 Å². The number of carbonyl (C=O) groups excluding carboxylic acids is 2. The molecule has 1 atom stereocenters. The molecule has 1 fully saturated rings. The number of nitrogens with zero attached hydrogens (tertiary/aromatic N) is 3. The largest absolute Gasteiger partial charge is 0.376 e. The van der Waals surface area contributed by atoms with Crippen LogP contribution in [0.2, 0.25) is 0 Å². The molecule has 1 saturated heterocycles. The van der Waals surface area contributed by atoms with Gasteiger partial charge in [-0.2, -0.15) is 5.10 Å². The zero-order valence-electron chi connectivity index (χ0n) is 18.9. The van der Waals surface area contributed by atoms with Crippen LogP contribution in [0, 0.1) is 13.8 Å². The standard InChI is InChI=1S/C25H28N4O4/c1-17-7-5-10-21(18(17)2)27-24(31)15-28(14-19-8-6-12-33-19)25(32)16-29-22-11-4-3-9-20(22)23(30)13-26-29/h3-5,7,9-11,13,19H,6,8,12,14-16H2,1-2H3,(H,27,31). The number of benzene rings is 2. The van der Waals surface area contributed by atoms with Gasteiger partial charge in [0.2, 0.25) is 17.2 Å². The second-order valence-electron chi connectivity index (χ2n) is 8.39. The number of anilines is 1. The molecule has 1 N–H and O–H groups in total. The number of carbonyl (C=O) groups is 2. The number of aryl methyl sites for hydroxylation is 1. The Balaban J connectivity index is 1.53. The number of rotatable bonds is 7. The maximum Gasteiger partial charge on any atom is 0.244 e. The van der Waals surface area contributed by atoms with Crippen LogP contribution in [-0.2, 0) is 20.9 Å². The predicted molar refractivity (Wildman–Crippen MR) is 126 cm³/mol. The van der Waals surface area contributed by atoms with Gasteiger partial charge in [-0.25, -0.2) is 0 Å². The van der Waals surface area contributed by atoms with Crippen molar-refractivity contribution in [3.05, 3.63) is 70.0 Å². The maximum absolute atomic E-state index is 13.3. The fraction of sp³-hybridized carbons (Fsp3) is 0.360. The Labute approximate surface area is 192 Å². The predicted octanol–water partition coefficient (Wildman–Crippen LogP) is 2.66. The first-order chi connectivity index (χ1) is 15.9. The van der Waals surface area contributed by atoms with Gasteiger partial charge in [-0.05, 0) is 56.0 Å². The van der Waals surface area contributed by atoms with Gasteiger partial charge in [0.15, 0.2) is 0 Å².